The van der Waals surface area contributed by atoms with Crippen LogP contribution in [0, 0.1) is 0 Å². The Morgan fingerprint density at radius 2 is 1.33 bits per heavy atom. The Morgan fingerprint density at radius 3 is 1.80 bits per heavy atom. The molecule has 0 unspecified atom stereocenters. The molecule has 76 valence electrons. The van der Waals surface area contributed by atoms with Gasteiger partial charge >= 0.3 is 0 Å². The van der Waals surface area contributed by atoms with Gasteiger partial charge in [0, 0.05) is 0 Å². The fourth-order valence-corrected chi connectivity index (χ4v) is 2.16. The fraction of sp³-hybridized carbons (Fsp3) is 0. The molecule has 1 aliphatic rings. The highest BCUT2D eigenvalue weighted by atomic mass is 32.1. The second-order valence-corrected chi connectivity index (χ2v) is 4.22. The summed E-state index contributed by atoms with van der Waals surface area (Å²) >= 11 is 1.26. The van der Waals surface area contributed by atoms with Crippen molar-refractivity contribution in [2.24, 2.45) is 0 Å². The van der Waals surface area contributed by atoms with E-state index in [0.717, 1.165) is 0 Å². The van der Waals surface area contributed by atoms with Crippen molar-refractivity contribution in [2.45, 2.75) is 0 Å². The molecule has 0 aliphatic carbocycles. The summed E-state index contributed by atoms with van der Waals surface area (Å²) in [4.78, 5) is 0. The minimum absolute atomic E-state index is 0.524. The molecule has 0 saturated carbocycles. The van der Waals surface area contributed by atoms with Crippen LogP contribution in [0.4, 0.5) is 10.0 Å². The topological polar surface area (TPSA) is 70.5 Å². The number of para-hydroxylation sites is 2. The molecule has 0 fully saturated rings. The highest BCUT2D eigenvalue weighted by molar-refractivity contribution is 7.20. The third-order valence-corrected chi connectivity index (χ3v) is 2.96. The molecule has 1 aromatic heterocycles. The number of hydrogen-bond acceptors (Lipinski definition) is 5. The zero-order valence-corrected chi connectivity index (χ0v) is 8.51. The standard InChI is InChI=1S/C10H8N2O2S/c11-9-7-8(10(12)15-9)14-6-4-2-1-3-5(6)13-7/h1-4H,11-12H2. The van der Waals surface area contributed by atoms with Crippen molar-refractivity contribution < 1.29 is 9.47 Å². The molecule has 0 atom stereocenters. The van der Waals surface area contributed by atoms with Gasteiger partial charge in [-0.05, 0) is 12.1 Å². The zero-order valence-electron chi connectivity index (χ0n) is 7.69. The maximum atomic E-state index is 5.75. The van der Waals surface area contributed by atoms with E-state index in [1.54, 1.807) is 0 Å². The second kappa shape index (κ2) is 2.80. The number of anilines is 2. The van der Waals surface area contributed by atoms with Gasteiger partial charge in [0.05, 0.1) is 0 Å². The van der Waals surface area contributed by atoms with Crippen LogP contribution >= 0.6 is 11.3 Å². The van der Waals surface area contributed by atoms with E-state index < -0.39 is 0 Å². The van der Waals surface area contributed by atoms with Crippen LogP contribution in [0.2, 0.25) is 0 Å². The Labute approximate surface area is 90.0 Å². The number of fused-ring (bicyclic) bond motifs is 2. The van der Waals surface area contributed by atoms with E-state index in [1.807, 2.05) is 24.3 Å². The molecule has 2 aromatic rings. The minimum atomic E-state index is 0.524. The molecule has 0 amide bonds. The molecule has 1 aromatic carbocycles. The van der Waals surface area contributed by atoms with E-state index in [1.165, 1.54) is 11.3 Å². The van der Waals surface area contributed by atoms with E-state index in [9.17, 15) is 0 Å². The van der Waals surface area contributed by atoms with E-state index >= 15 is 0 Å². The summed E-state index contributed by atoms with van der Waals surface area (Å²) in [5.74, 6) is 2.37. The van der Waals surface area contributed by atoms with Crippen molar-refractivity contribution in [3.8, 4) is 23.0 Å². The van der Waals surface area contributed by atoms with Gasteiger partial charge in [0.15, 0.2) is 11.5 Å². The minimum Gasteiger partial charge on any atom is -0.446 e. The van der Waals surface area contributed by atoms with Crippen molar-refractivity contribution in [3.05, 3.63) is 24.3 Å². The number of nitrogens with two attached hydrogens (primary N) is 2. The fourth-order valence-electron chi connectivity index (χ4n) is 1.47. The second-order valence-electron chi connectivity index (χ2n) is 3.14. The van der Waals surface area contributed by atoms with Crippen LogP contribution in [0.1, 0.15) is 0 Å². The maximum Gasteiger partial charge on any atom is 0.206 e. The zero-order chi connectivity index (χ0) is 10.4. The Morgan fingerprint density at radius 1 is 0.867 bits per heavy atom. The van der Waals surface area contributed by atoms with Crippen molar-refractivity contribution in [1.29, 1.82) is 0 Å². The van der Waals surface area contributed by atoms with Gasteiger partial charge < -0.3 is 20.9 Å². The first-order valence-corrected chi connectivity index (χ1v) is 5.20. The van der Waals surface area contributed by atoms with Gasteiger partial charge in [0.25, 0.3) is 0 Å². The first kappa shape index (κ1) is 8.43. The first-order chi connectivity index (χ1) is 7.25. The number of ether oxygens (including phenoxy) is 2. The molecule has 0 bridgehead atoms. The molecular formula is C10H8N2O2S. The molecule has 15 heavy (non-hydrogen) atoms. The molecule has 4 N–H and O–H groups in total. The van der Waals surface area contributed by atoms with Gasteiger partial charge in [0.2, 0.25) is 11.5 Å². The monoisotopic (exact) mass is 220 g/mol. The number of rotatable bonds is 0. The summed E-state index contributed by atoms with van der Waals surface area (Å²) in [5.41, 5.74) is 11.5. The van der Waals surface area contributed by atoms with Crippen LogP contribution in [0.25, 0.3) is 0 Å². The Kier molecular flexibility index (Phi) is 1.58. The molecule has 5 heteroatoms. The highest BCUT2D eigenvalue weighted by Crippen LogP contribution is 2.54. The summed E-state index contributed by atoms with van der Waals surface area (Å²) < 4.78 is 11.2. The normalized spacial score (nSPS) is 12.3. The van der Waals surface area contributed by atoms with Crippen LogP contribution in [-0.2, 0) is 0 Å². The summed E-state index contributed by atoms with van der Waals surface area (Å²) in [5, 5.41) is 1.08. The Balaban J connectivity index is 2.16. The average molecular weight is 220 g/mol. The number of thiophene rings is 1. The van der Waals surface area contributed by atoms with Crippen molar-refractivity contribution >= 4 is 21.3 Å². The smallest absolute Gasteiger partial charge is 0.206 e. The van der Waals surface area contributed by atoms with Crippen LogP contribution in [0.5, 0.6) is 23.0 Å². The SMILES string of the molecule is Nc1sc(N)c2c1Oc1ccccc1O2. The van der Waals surface area contributed by atoms with Gasteiger partial charge in [-0.15, -0.1) is 0 Å². The lowest BCUT2D eigenvalue weighted by Crippen LogP contribution is -1.99. The number of hydrogen-bond donors (Lipinski definition) is 2. The van der Waals surface area contributed by atoms with Crippen molar-refractivity contribution in [2.75, 3.05) is 11.5 Å². The predicted octanol–water partition coefficient (Wildman–Crippen LogP) is 2.81. The van der Waals surface area contributed by atoms with Gasteiger partial charge in [-0.25, -0.2) is 0 Å². The van der Waals surface area contributed by atoms with Crippen LogP contribution in [0.3, 0.4) is 0 Å². The summed E-state index contributed by atoms with van der Waals surface area (Å²) in [6, 6.07) is 7.40. The number of nitrogen functional groups attached to an aromatic ring is 2. The van der Waals surface area contributed by atoms with Crippen LogP contribution in [0.15, 0.2) is 24.3 Å². The number of benzene rings is 1. The molecule has 3 rings (SSSR count). The largest absolute Gasteiger partial charge is 0.446 e. The first-order valence-electron chi connectivity index (χ1n) is 4.38. The van der Waals surface area contributed by atoms with Gasteiger partial charge in [-0.2, -0.15) is 0 Å². The third-order valence-electron chi connectivity index (χ3n) is 2.15. The third kappa shape index (κ3) is 1.13. The van der Waals surface area contributed by atoms with Gasteiger partial charge in [0.1, 0.15) is 10.0 Å². The Bertz CT molecular complexity index is 491. The lowest BCUT2D eigenvalue weighted by atomic mass is 10.3. The molecule has 1 aliphatic heterocycles. The van der Waals surface area contributed by atoms with Crippen molar-refractivity contribution in [1.82, 2.24) is 0 Å². The van der Waals surface area contributed by atoms with E-state index in [2.05, 4.69) is 0 Å². The lowest BCUT2D eigenvalue weighted by Gasteiger charge is -2.18. The quantitative estimate of drug-likeness (QED) is 0.611. The summed E-state index contributed by atoms with van der Waals surface area (Å²) in [6.07, 6.45) is 0. The average Bonchev–Trinajstić information content (AvgIpc) is 2.52. The Hall–Kier alpha value is -1.88. The van der Waals surface area contributed by atoms with Crippen LogP contribution in [-0.4, -0.2) is 0 Å². The molecule has 0 saturated heterocycles. The summed E-state index contributed by atoms with van der Waals surface area (Å²) in [6.45, 7) is 0. The highest BCUT2D eigenvalue weighted by Gasteiger charge is 2.25. The lowest BCUT2D eigenvalue weighted by molar-refractivity contribution is 0.365. The molecule has 4 nitrogen and oxygen atoms in total. The van der Waals surface area contributed by atoms with E-state index in [-0.39, 0.29) is 0 Å². The van der Waals surface area contributed by atoms with Gasteiger partial charge in [-0.1, -0.05) is 23.5 Å². The molecular weight excluding hydrogens is 212 g/mol. The predicted molar refractivity (Wildman–Crippen MR) is 59.7 cm³/mol. The molecule has 0 radical (unpaired) electrons. The maximum absolute atomic E-state index is 5.75. The van der Waals surface area contributed by atoms with E-state index in [0.29, 0.717) is 33.0 Å². The van der Waals surface area contributed by atoms with Gasteiger partial charge in [-0.3, -0.25) is 0 Å². The van der Waals surface area contributed by atoms with Crippen LogP contribution < -0.4 is 20.9 Å². The van der Waals surface area contributed by atoms with Crippen molar-refractivity contribution in [3.63, 3.8) is 0 Å². The molecule has 2 heterocycles. The van der Waals surface area contributed by atoms with E-state index in [4.69, 9.17) is 20.9 Å². The summed E-state index contributed by atoms with van der Waals surface area (Å²) in [7, 11) is 0. The molecule has 0 spiro atoms.